The van der Waals surface area contributed by atoms with Crippen LogP contribution >= 0.6 is 38.9 Å². The van der Waals surface area contributed by atoms with Crippen molar-refractivity contribution >= 4 is 38.9 Å². The molecule has 0 aliphatic rings. The van der Waals surface area contributed by atoms with E-state index in [4.69, 9.17) is 11.6 Å². The van der Waals surface area contributed by atoms with Crippen molar-refractivity contribution < 1.29 is 0 Å². The Kier molecular flexibility index (Phi) is 5.74. The fraction of sp³-hybridized carbons (Fsp3) is 0.333. The molecule has 1 unspecified atom stereocenters. The summed E-state index contributed by atoms with van der Waals surface area (Å²) in [4.78, 5) is 0. The van der Waals surface area contributed by atoms with Crippen LogP contribution in [-0.4, -0.2) is 5.88 Å². The van der Waals surface area contributed by atoms with Crippen LogP contribution in [0, 0.1) is 5.92 Å². The third-order valence-electron chi connectivity index (χ3n) is 3.05. The summed E-state index contributed by atoms with van der Waals surface area (Å²) >= 11 is 11.4. The van der Waals surface area contributed by atoms with Crippen molar-refractivity contribution in [1.82, 2.24) is 0 Å². The highest BCUT2D eigenvalue weighted by atomic mass is 79.9. The molecule has 18 heavy (non-hydrogen) atoms. The zero-order chi connectivity index (χ0) is 12.8. The normalized spacial score (nSPS) is 12.6. The van der Waals surface area contributed by atoms with E-state index in [1.807, 2.05) is 0 Å². The molecule has 96 valence electrons. The van der Waals surface area contributed by atoms with Crippen molar-refractivity contribution in [2.24, 2.45) is 5.92 Å². The molecule has 1 aromatic carbocycles. The Morgan fingerprint density at radius 1 is 1.22 bits per heavy atom. The first-order chi connectivity index (χ1) is 8.78. The molecule has 0 amide bonds. The fourth-order valence-corrected chi connectivity index (χ4v) is 3.45. The highest BCUT2D eigenvalue weighted by molar-refractivity contribution is 9.10. The van der Waals surface area contributed by atoms with Gasteiger partial charge in [-0.2, -0.15) is 11.3 Å². The standard InChI is InChI=1S/C15H16BrClS/c16-15-3-1-2-13(9-15)8-14(10-17)5-4-12-6-7-18-11-12/h1-3,6-7,9,11,14H,4-5,8,10H2. The highest BCUT2D eigenvalue weighted by Crippen LogP contribution is 2.20. The quantitative estimate of drug-likeness (QED) is 0.604. The Labute approximate surface area is 126 Å². The van der Waals surface area contributed by atoms with Gasteiger partial charge in [-0.25, -0.2) is 0 Å². The van der Waals surface area contributed by atoms with Crippen LogP contribution in [0.4, 0.5) is 0 Å². The Morgan fingerprint density at radius 2 is 2.11 bits per heavy atom. The molecule has 1 aromatic heterocycles. The van der Waals surface area contributed by atoms with Gasteiger partial charge in [0.2, 0.25) is 0 Å². The van der Waals surface area contributed by atoms with Crippen LogP contribution in [-0.2, 0) is 12.8 Å². The molecule has 0 N–H and O–H groups in total. The average molecular weight is 344 g/mol. The first kappa shape index (κ1) is 14.1. The molecular formula is C15H16BrClS. The zero-order valence-corrected chi connectivity index (χ0v) is 13.3. The van der Waals surface area contributed by atoms with Crippen molar-refractivity contribution in [2.75, 3.05) is 5.88 Å². The minimum absolute atomic E-state index is 0.556. The molecule has 0 saturated carbocycles. The van der Waals surface area contributed by atoms with E-state index < -0.39 is 0 Å². The first-order valence-electron chi connectivity index (χ1n) is 6.09. The van der Waals surface area contributed by atoms with Crippen LogP contribution in [0.3, 0.4) is 0 Å². The smallest absolute Gasteiger partial charge is 0.0255 e. The van der Waals surface area contributed by atoms with Gasteiger partial charge in [0.05, 0.1) is 0 Å². The van der Waals surface area contributed by atoms with Crippen LogP contribution in [0.15, 0.2) is 45.6 Å². The Morgan fingerprint density at radius 3 is 2.78 bits per heavy atom. The van der Waals surface area contributed by atoms with Gasteiger partial charge >= 0.3 is 0 Å². The Bertz CT molecular complexity index is 467. The topological polar surface area (TPSA) is 0 Å². The van der Waals surface area contributed by atoms with Gasteiger partial charge in [-0.3, -0.25) is 0 Å². The lowest BCUT2D eigenvalue weighted by atomic mass is 9.95. The summed E-state index contributed by atoms with van der Waals surface area (Å²) in [5, 5.41) is 4.36. The predicted molar refractivity (Wildman–Crippen MR) is 84.7 cm³/mol. The maximum absolute atomic E-state index is 6.09. The number of aryl methyl sites for hydroxylation is 1. The molecule has 2 aromatic rings. The van der Waals surface area contributed by atoms with E-state index >= 15 is 0 Å². The zero-order valence-electron chi connectivity index (χ0n) is 10.1. The molecule has 1 heterocycles. The van der Waals surface area contributed by atoms with Gasteiger partial charge in [-0.1, -0.05) is 28.1 Å². The summed E-state index contributed by atoms with van der Waals surface area (Å²) in [6.07, 6.45) is 3.36. The molecule has 2 rings (SSSR count). The molecule has 0 bridgehead atoms. The summed E-state index contributed by atoms with van der Waals surface area (Å²) in [5.74, 6) is 1.29. The van der Waals surface area contributed by atoms with Crippen LogP contribution in [0.25, 0.3) is 0 Å². The second-order valence-corrected chi connectivity index (χ2v) is 6.53. The summed E-state index contributed by atoms with van der Waals surface area (Å²) in [5.41, 5.74) is 2.80. The van der Waals surface area contributed by atoms with E-state index in [9.17, 15) is 0 Å². The lowest BCUT2D eigenvalue weighted by Gasteiger charge is -2.13. The van der Waals surface area contributed by atoms with E-state index in [0.29, 0.717) is 5.92 Å². The number of halogens is 2. The molecule has 0 radical (unpaired) electrons. The van der Waals surface area contributed by atoms with Crippen LogP contribution in [0.5, 0.6) is 0 Å². The van der Waals surface area contributed by atoms with Crippen LogP contribution in [0.2, 0.25) is 0 Å². The Hall–Kier alpha value is -0.310. The molecule has 0 spiro atoms. The first-order valence-corrected chi connectivity index (χ1v) is 8.36. The van der Waals surface area contributed by atoms with Gasteiger partial charge in [-0.05, 0) is 65.3 Å². The second-order valence-electron chi connectivity index (χ2n) is 4.52. The molecule has 0 aliphatic carbocycles. The number of rotatable bonds is 6. The second kappa shape index (κ2) is 7.32. The number of hydrogen-bond donors (Lipinski definition) is 0. The predicted octanol–water partition coefficient (Wildman–Crippen LogP) is 5.54. The number of thiophene rings is 1. The van der Waals surface area contributed by atoms with Crippen molar-refractivity contribution in [3.05, 3.63) is 56.7 Å². The third kappa shape index (κ3) is 4.42. The van der Waals surface area contributed by atoms with Gasteiger partial charge in [-0.15, -0.1) is 11.6 Å². The van der Waals surface area contributed by atoms with Crippen molar-refractivity contribution in [3.63, 3.8) is 0 Å². The van der Waals surface area contributed by atoms with Crippen molar-refractivity contribution in [1.29, 1.82) is 0 Å². The summed E-state index contributed by atoms with van der Waals surface area (Å²) in [6, 6.07) is 10.7. The average Bonchev–Trinajstić information content (AvgIpc) is 2.87. The van der Waals surface area contributed by atoms with E-state index in [2.05, 4.69) is 57.0 Å². The van der Waals surface area contributed by atoms with Crippen LogP contribution in [0.1, 0.15) is 17.5 Å². The molecule has 0 fully saturated rings. The third-order valence-corrected chi connectivity index (χ3v) is 4.71. The summed E-state index contributed by atoms with van der Waals surface area (Å²) in [7, 11) is 0. The van der Waals surface area contributed by atoms with Crippen molar-refractivity contribution in [2.45, 2.75) is 19.3 Å². The number of hydrogen-bond acceptors (Lipinski definition) is 1. The minimum atomic E-state index is 0.556. The van der Waals surface area contributed by atoms with E-state index in [0.717, 1.165) is 29.6 Å². The van der Waals surface area contributed by atoms with Gasteiger partial charge in [0.15, 0.2) is 0 Å². The maximum Gasteiger partial charge on any atom is 0.0255 e. The monoisotopic (exact) mass is 342 g/mol. The molecule has 0 aliphatic heterocycles. The molecule has 3 heteroatoms. The lowest BCUT2D eigenvalue weighted by molar-refractivity contribution is 0.537. The van der Waals surface area contributed by atoms with E-state index in [-0.39, 0.29) is 0 Å². The minimum Gasteiger partial charge on any atom is -0.152 e. The largest absolute Gasteiger partial charge is 0.152 e. The highest BCUT2D eigenvalue weighted by Gasteiger charge is 2.09. The van der Waals surface area contributed by atoms with E-state index in [1.54, 1.807) is 11.3 Å². The molecular weight excluding hydrogens is 328 g/mol. The number of benzene rings is 1. The van der Waals surface area contributed by atoms with Gasteiger partial charge in [0.25, 0.3) is 0 Å². The summed E-state index contributed by atoms with van der Waals surface area (Å²) in [6.45, 7) is 0. The fourth-order valence-electron chi connectivity index (χ4n) is 2.04. The molecule has 0 saturated heterocycles. The molecule has 1 atom stereocenters. The maximum atomic E-state index is 6.09. The van der Waals surface area contributed by atoms with Gasteiger partial charge in [0.1, 0.15) is 0 Å². The summed E-state index contributed by atoms with van der Waals surface area (Å²) < 4.78 is 1.14. The molecule has 0 nitrogen and oxygen atoms in total. The SMILES string of the molecule is ClCC(CCc1ccsc1)Cc1cccc(Br)c1. The lowest BCUT2D eigenvalue weighted by Crippen LogP contribution is -2.07. The van der Waals surface area contributed by atoms with Crippen LogP contribution < -0.4 is 0 Å². The number of alkyl halides is 1. The van der Waals surface area contributed by atoms with Crippen molar-refractivity contribution in [3.8, 4) is 0 Å². The van der Waals surface area contributed by atoms with Gasteiger partial charge < -0.3 is 0 Å². The van der Waals surface area contributed by atoms with E-state index in [1.165, 1.54) is 11.1 Å². The van der Waals surface area contributed by atoms with Gasteiger partial charge in [0, 0.05) is 10.4 Å². The Balaban J connectivity index is 1.89.